The van der Waals surface area contributed by atoms with Crippen molar-refractivity contribution in [2.75, 3.05) is 13.2 Å². The summed E-state index contributed by atoms with van der Waals surface area (Å²) >= 11 is 0. The Hall–Kier alpha value is -4.19. The Morgan fingerprint density at radius 2 is 0.590 bits per heavy atom. The first-order valence-corrected chi connectivity index (χ1v) is 24.2. The van der Waals surface area contributed by atoms with E-state index in [0.29, 0.717) is 19.3 Å². The summed E-state index contributed by atoms with van der Waals surface area (Å²) in [6, 6.07) is 0. The van der Waals surface area contributed by atoms with Crippen LogP contribution in [0.2, 0.25) is 0 Å². The highest BCUT2D eigenvalue weighted by Crippen LogP contribution is 2.13. The van der Waals surface area contributed by atoms with Crippen molar-refractivity contribution in [3.63, 3.8) is 0 Å². The molecule has 0 fully saturated rings. The van der Waals surface area contributed by atoms with Crippen molar-refractivity contribution in [1.29, 1.82) is 0 Å². The maximum absolute atomic E-state index is 12.8. The molecule has 61 heavy (non-hydrogen) atoms. The molecule has 0 aliphatic rings. The molecule has 0 heterocycles. The van der Waals surface area contributed by atoms with Gasteiger partial charge in [0.05, 0.1) is 0 Å². The maximum atomic E-state index is 12.8. The van der Waals surface area contributed by atoms with Gasteiger partial charge in [0, 0.05) is 19.3 Å². The fraction of sp³-hybridized carbons (Fsp3) is 0.582. The molecule has 6 nitrogen and oxygen atoms in total. The van der Waals surface area contributed by atoms with Crippen molar-refractivity contribution in [3.8, 4) is 0 Å². The summed E-state index contributed by atoms with van der Waals surface area (Å²) in [7, 11) is 0. The van der Waals surface area contributed by atoms with E-state index in [9.17, 15) is 14.4 Å². The van der Waals surface area contributed by atoms with Crippen molar-refractivity contribution in [1.82, 2.24) is 0 Å². The van der Waals surface area contributed by atoms with Crippen molar-refractivity contribution < 1.29 is 28.6 Å². The first-order valence-electron chi connectivity index (χ1n) is 24.2. The van der Waals surface area contributed by atoms with E-state index in [4.69, 9.17) is 14.2 Å². The first-order chi connectivity index (χ1) is 30.0. The molecule has 0 radical (unpaired) electrons. The number of rotatable bonds is 41. The molecule has 0 aromatic carbocycles. The van der Waals surface area contributed by atoms with E-state index in [1.165, 1.54) is 19.3 Å². The number of esters is 3. The number of carbonyl (C=O) groups excluding carboxylic acids is 3. The van der Waals surface area contributed by atoms with Gasteiger partial charge in [-0.25, -0.2) is 0 Å². The molecule has 1 atom stereocenters. The molecule has 0 N–H and O–H groups in total. The van der Waals surface area contributed by atoms with Crippen LogP contribution in [0.4, 0.5) is 0 Å². The van der Waals surface area contributed by atoms with Crippen LogP contribution in [0, 0.1) is 0 Å². The summed E-state index contributed by atoms with van der Waals surface area (Å²) in [5.74, 6) is -0.971. The lowest BCUT2D eigenvalue weighted by molar-refractivity contribution is -0.167. The van der Waals surface area contributed by atoms with E-state index < -0.39 is 6.10 Å². The van der Waals surface area contributed by atoms with Gasteiger partial charge in [0.15, 0.2) is 6.10 Å². The van der Waals surface area contributed by atoms with Gasteiger partial charge in [-0.05, 0) is 77.0 Å². The van der Waals surface area contributed by atoms with Gasteiger partial charge < -0.3 is 14.2 Å². The summed E-state index contributed by atoms with van der Waals surface area (Å²) in [4.78, 5) is 37.9. The minimum Gasteiger partial charge on any atom is -0.462 e. The van der Waals surface area contributed by atoms with Crippen LogP contribution in [0.5, 0.6) is 0 Å². The zero-order valence-corrected chi connectivity index (χ0v) is 38.9. The molecule has 1 unspecified atom stereocenters. The monoisotopic (exact) mass is 843 g/mol. The largest absolute Gasteiger partial charge is 0.462 e. The van der Waals surface area contributed by atoms with Gasteiger partial charge in [-0.3, -0.25) is 14.4 Å². The molecule has 0 aromatic heterocycles. The molecule has 0 aliphatic carbocycles. The predicted octanol–water partition coefficient (Wildman–Crippen LogP) is 15.7. The molecule has 0 aliphatic heterocycles. The van der Waals surface area contributed by atoms with E-state index in [0.717, 1.165) is 128 Å². The number of allylic oxidation sites excluding steroid dienone is 20. The molecule has 0 spiro atoms. The third-order valence-corrected chi connectivity index (χ3v) is 9.66. The van der Waals surface area contributed by atoms with Gasteiger partial charge in [-0.15, -0.1) is 0 Å². The van der Waals surface area contributed by atoms with Crippen molar-refractivity contribution >= 4 is 17.9 Å². The molecule has 342 valence electrons. The lowest BCUT2D eigenvalue weighted by Gasteiger charge is -2.18. The minimum atomic E-state index is -0.805. The van der Waals surface area contributed by atoms with E-state index in [-0.39, 0.29) is 31.1 Å². The number of hydrogen-bond acceptors (Lipinski definition) is 6. The van der Waals surface area contributed by atoms with Crippen molar-refractivity contribution in [2.45, 2.75) is 194 Å². The summed E-state index contributed by atoms with van der Waals surface area (Å²) in [5.41, 5.74) is 0. The maximum Gasteiger partial charge on any atom is 0.306 e. The van der Waals surface area contributed by atoms with Crippen LogP contribution in [0.15, 0.2) is 122 Å². The van der Waals surface area contributed by atoms with Gasteiger partial charge in [0.2, 0.25) is 0 Å². The van der Waals surface area contributed by atoms with Gasteiger partial charge in [-0.1, -0.05) is 213 Å². The van der Waals surface area contributed by atoms with Crippen molar-refractivity contribution in [2.24, 2.45) is 0 Å². The summed E-state index contributed by atoms with van der Waals surface area (Å²) in [5, 5.41) is 0. The van der Waals surface area contributed by atoms with Crippen LogP contribution in [-0.2, 0) is 28.6 Å². The Kier molecular flexibility index (Phi) is 45.1. The molecule has 0 aromatic rings. The van der Waals surface area contributed by atoms with Crippen LogP contribution in [0.1, 0.15) is 188 Å². The van der Waals surface area contributed by atoms with Crippen LogP contribution in [-0.4, -0.2) is 37.2 Å². The first kappa shape index (κ1) is 56.8. The standard InChI is InChI=1S/C55H86O6/c1-4-7-10-13-16-19-22-25-27-30-33-36-39-42-45-48-54(57)60-51-52(50-59-53(56)47-44-41-38-35-32-29-24-21-18-15-12-9-6-3)61-55(58)49-46-43-40-37-34-31-28-26-23-20-17-14-11-8-5-2/h7-25,27,52H,4-6,26,28-51H2,1-3H3/b10-7-,11-8-,12-9-,16-13-,17-14-,18-15-,22-19-,23-20-,24-21-,27-25-. The predicted molar refractivity (Wildman–Crippen MR) is 260 cm³/mol. The SMILES string of the molecule is CC\C=C/C=C\C=C/C=C\CCCCCCCC(=O)OCC(COC(=O)CCCCCCC\C=C/C=C\C=C/CC)OC(=O)CCCCCCCCC\C=C/C=C\C=C/CC. The highest BCUT2D eigenvalue weighted by atomic mass is 16.6. The molecular formula is C55H86O6. The van der Waals surface area contributed by atoms with E-state index in [1.807, 2.05) is 30.4 Å². The smallest absolute Gasteiger partial charge is 0.306 e. The second-order valence-electron chi connectivity index (χ2n) is 15.4. The normalized spacial score (nSPS) is 13.2. The van der Waals surface area contributed by atoms with Crippen LogP contribution >= 0.6 is 0 Å². The quantitative estimate of drug-likeness (QED) is 0.0264. The van der Waals surface area contributed by atoms with Gasteiger partial charge >= 0.3 is 17.9 Å². The fourth-order valence-electron chi connectivity index (χ4n) is 6.10. The Morgan fingerprint density at radius 1 is 0.328 bits per heavy atom. The Labute approximate surface area is 373 Å². The van der Waals surface area contributed by atoms with Crippen LogP contribution in [0.3, 0.4) is 0 Å². The molecule has 0 saturated carbocycles. The topological polar surface area (TPSA) is 78.9 Å². The summed E-state index contributed by atoms with van der Waals surface area (Å²) in [6.07, 6.45) is 66.0. The number of ether oxygens (including phenoxy) is 3. The number of carbonyl (C=O) groups is 3. The summed E-state index contributed by atoms with van der Waals surface area (Å²) in [6.45, 7) is 6.16. The van der Waals surface area contributed by atoms with E-state index >= 15 is 0 Å². The minimum absolute atomic E-state index is 0.106. The average molecular weight is 843 g/mol. The molecular weight excluding hydrogens is 757 g/mol. The summed E-state index contributed by atoms with van der Waals surface area (Å²) < 4.78 is 16.7. The third-order valence-electron chi connectivity index (χ3n) is 9.66. The van der Waals surface area contributed by atoms with Crippen LogP contribution < -0.4 is 0 Å². The highest BCUT2D eigenvalue weighted by molar-refractivity contribution is 5.71. The molecule has 0 bridgehead atoms. The average Bonchev–Trinajstić information content (AvgIpc) is 3.26. The van der Waals surface area contributed by atoms with Crippen molar-refractivity contribution in [3.05, 3.63) is 122 Å². The Morgan fingerprint density at radius 3 is 0.918 bits per heavy atom. The molecule has 0 saturated heterocycles. The molecule has 0 amide bonds. The van der Waals surface area contributed by atoms with E-state index in [1.54, 1.807) is 0 Å². The Balaban J connectivity index is 4.51. The lowest BCUT2D eigenvalue weighted by Crippen LogP contribution is -2.30. The van der Waals surface area contributed by atoms with Crippen LogP contribution in [0.25, 0.3) is 0 Å². The van der Waals surface area contributed by atoms with E-state index in [2.05, 4.69) is 112 Å². The van der Waals surface area contributed by atoms with Gasteiger partial charge in [-0.2, -0.15) is 0 Å². The fourth-order valence-corrected chi connectivity index (χ4v) is 6.10. The number of hydrogen-bond donors (Lipinski definition) is 0. The zero-order chi connectivity index (χ0) is 44.4. The number of unbranched alkanes of at least 4 members (excludes halogenated alkanes) is 17. The van der Waals surface area contributed by atoms with Gasteiger partial charge in [0.25, 0.3) is 0 Å². The second kappa shape index (κ2) is 48.5. The van der Waals surface area contributed by atoms with Gasteiger partial charge in [0.1, 0.15) is 13.2 Å². The Bertz CT molecular complexity index is 1340. The second-order valence-corrected chi connectivity index (χ2v) is 15.4. The highest BCUT2D eigenvalue weighted by Gasteiger charge is 2.19. The molecule has 0 rings (SSSR count). The molecule has 6 heteroatoms. The third kappa shape index (κ3) is 46.7. The lowest BCUT2D eigenvalue weighted by atomic mass is 10.1. The zero-order valence-electron chi connectivity index (χ0n) is 38.9.